The summed E-state index contributed by atoms with van der Waals surface area (Å²) in [6, 6.07) is 21.7. The first-order chi connectivity index (χ1) is 10.4. The van der Waals surface area contributed by atoms with E-state index in [-0.39, 0.29) is 5.60 Å². The van der Waals surface area contributed by atoms with E-state index in [1.165, 1.54) is 30.4 Å². The molecule has 2 aromatic carbocycles. The fourth-order valence-electron chi connectivity index (χ4n) is 5.25. The fourth-order valence-corrected chi connectivity index (χ4v) is 5.25. The second-order valence-corrected chi connectivity index (χ2v) is 6.91. The molecule has 1 heterocycles. The summed E-state index contributed by atoms with van der Waals surface area (Å²) in [6.07, 6.45) is 4.67. The Bertz CT molecular complexity index is 607. The van der Waals surface area contributed by atoms with Gasteiger partial charge in [0.2, 0.25) is 0 Å². The Morgan fingerprint density at radius 1 is 0.762 bits per heavy atom. The molecular formula is C20H20O. The molecule has 0 aromatic heterocycles. The lowest BCUT2D eigenvalue weighted by Gasteiger charge is -2.57. The van der Waals surface area contributed by atoms with Gasteiger partial charge in [-0.3, -0.25) is 0 Å². The summed E-state index contributed by atoms with van der Waals surface area (Å²) in [5.41, 5.74) is 2.49. The van der Waals surface area contributed by atoms with Crippen molar-refractivity contribution < 1.29 is 4.74 Å². The maximum absolute atomic E-state index is 6.66. The van der Waals surface area contributed by atoms with E-state index in [2.05, 4.69) is 60.7 Å². The number of ether oxygens (including phenoxy) is 1. The van der Waals surface area contributed by atoms with Gasteiger partial charge in [-0.15, -0.1) is 0 Å². The summed E-state index contributed by atoms with van der Waals surface area (Å²) in [6.45, 7) is 0. The molecule has 2 bridgehead atoms. The van der Waals surface area contributed by atoms with Crippen molar-refractivity contribution in [1.82, 2.24) is 0 Å². The summed E-state index contributed by atoms with van der Waals surface area (Å²) in [5.74, 6) is 2.36. The Morgan fingerprint density at radius 3 is 1.90 bits per heavy atom. The third-order valence-electron chi connectivity index (χ3n) is 6.04. The smallest absolute Gasteiger partial charge is 0.124 e. The second kappa shape index (κ2) is 4.20. The maximum Gasteiger partial charge on any atom is 0.124 e. The number of hydrogen-bond acceptors (Lipinski definition) is 1. The van der Waals surface area contributed by atoms with Crippen LogP contribution in [0.5, 0.6) is 0 Å². The van der Waals surface area contributed by atoms with Crippen LogP contribution in [0.4, 0.5) is 0 Å². The Morgan fingerprint density at radius 2 is 1.33 bits per heavy atom. The van der Waals surface area contributed by atoms with Gasteiger partial charge in [-0.2, -0.15) is 0 Å². The third kappa shape index (κ3) is 1.45. The molecule has 0 radical (unpaired) electrons. The van der Waals surface area contributed by atoms with Crippen LogP contribution in [0.25, 0.3) is 0 Å². The highest BCUT2D eigenvalue weighted by Gasteiger charge is 2.67. The molecule has 1 aliphatic heterocycles. The van der Waals surface area contributed by atoms with E-state index in [4.69, 9.17) is 4.74 Å². The summed E-state index contributed by atoms with van der Waals surface area (Å²) in [4.78, 5) is 0. The van der Waals surface area contributed by atoms with Gasteiger partial charge in [0.25, 0.3) is 0 Å². The Labute approximate surface area is 126 Å². The van der Waals surface area contributed by atoms with Crippen molar-refractivity contribution in [1.29, 1.82) is 0 Å². The van der Waals surface area contributed by atoms with Crippen LogP contribution < -0.4 is 0 Å². The fraction of sp³-hybridized carbons (Fsp3) is 0.400. The van der Waals surface area contributed by atoms with Gasteiger partial charge in [0.15, 0.2) is 0 Å². The molecule has 21 heavy (non-hydrogen) atoms. The van der Waals surface area contributed by atoms with E-state index in [1.54, 1.807) is 0 Å². The van der Waals surface area contributed by atoms with Crippen molar-refractivity contribution in [2.45, 2.75) is 31.0 Å². The van der Waals surface area contributed by atoms with Crippen molar-refractivity contribution in [2.75, 3.05) is 0 Å². The molecule has 5 rings (SSSR count). The van der Waals surface area contributed by atoms with E-state index in [1.807, 2.05) is 0 Å². The minimum atomic E-state index is -0.187. The predicted octanol–water partition coefficient (Wildman–Crippen LogP) is 4.38. The molecule has 2 aromatic rings. The lowest BCUT2D eigenvalue weighted by Crippen LogP contribution is -2.60. The van der Waals surface area contributed by atoms with Gasteiger partial charge in [0.1, 0.15) is 5.60 Å². The van der Waals surface area contributed by atoms with Gasteiger partial charge < -0.3 is 4.74 Å². The molecule has 0 N–H and O–H groups in total. The minimum Gasteiger partial charge on any atom is -0.361 e. The number of benzene rings is 2. The van der Waals surface area contributed by atoms with E-state index in [0.717, 1.165) is 11.8 Å². The van der Waals surface area contributed by atoms with Crippen LogP contribution in [0.2, 0.25) is 0 Å². The number of hydrogen-bond donors (Lipinski definition) is 0. The molecule has 2 saturated carbocycles. The monoisotopic (exact) mass is 276 g/mol. The van der Waals surface area contributed by atoms with E-state index in [0.29, 0.717) is 12.0 Å². The molecule has 1 nitrogen and oxygen atoms in total. The van der Waals surface area contributed by atoms with Crippen LogP contribution in [0.1, 0.15) is 30.4 Å². The van der Waals surface area contributed by atoms with E-state index >= 15 is 0 Å². The van der Waals surface area contributed by atoms with Crippen LogP contribution in [0.3, 0.4) is 0 Å². The quantitative estimate of drug-likeness (QED) is 0.791. The zero-order valence-electron chi connectivity index (χ0n) is 12.1. The predicted molar refractivity (Wildman–Crippen MR) is 82.9 cm³/mol. The van der Waals surface area contributed by atoms with Gasteiger partial charge in [-0.05, 0) is 42.2 Å². The normalized spacial score (nSPS) is 35.2. The number of rotatable bonds is 2. The zero-order valence-corrected chi connectivity index (χ0v) is 12.1. The molecule has 0 spiro atoms. The van der Waals surface area contributed by atoms with Crippen LogP contribution in [0.15, 0.2) is 60.7 Å². The highest BCUT2D eigenvalue weighted by Crippen LogP contribution is 2.66. The van der Waals surface area contributed by atoms with Crippen LogP contribution in [-0.4, -0.2) is 6.10 Å². The molecular weight excluding hydrogens is 256 g/mol. The maximum atomic E-state index is 6.66. The molecule has 0 amide bonds. The average Bonchev–Trinajstić information content (AvgIpc) is 3.07. The Hall–Kier alpha value is -1.60. The van der Waals surface area contributed by atoms with E-state index < -0.39 is 0 Å². The second-order valence-electron chi connectivity index (χ2n) is 6.91. The van der Waals surface area contributed by atoms with Gasteiger partial charge in [-0.25, -0.2) is 0 Å². The standard InChI is InChI=1S/C20H20O/c1-3-7-16(8-4-1)20(17-9-5-2-6-10-17)18-14-11-12-15(13-14)19(18)21-20/h1-10,14-15,18-19H,11-13H2/t14-,15+,18-,19+/m1/s1. The first kappa shape index (κ1) is 12.0. The van der Waals surface area contributed by atoms with Crippen LogP contribution in [-0.2, 0) is 10.3 Å². The molecule has 2 aliphatic carbocycles. The minimum absolute atomic E-state index is 0.187. The first-order valence-electron chi connectivity index (χ1n) is 8.18. The lowest BCUT2D eigenvalue weighted by atomic mass is 9.63. The molecule has 4 atom stereocenters. The topological polar surface area (TPSA) is 9.23 Å². The van der Waals surface area contributed by atoms with Crippen LogP contribution in [0, 0.1) is 17.8 Å². The largest absolute Gasteiger partial charge is 0.361 e. The average molecular weight is 276 g/mol. The van der Waals surface area contributed by atoms with Gasteiger partial charge in [-0.1, -0.05) is 60.7 Å². The van der Waals surface area contributed by atoms with Gasteiger partial charge in [0, 0.05) is 5.92 Å². The first-order valence-corrected chi connectivity index (χ1v) is 8.18. The summed E-state index contributed by atoms with van der Waals surface area (Å²) in [7, 11) is 0. The van der Waals surface area contributed by atoms with E-state index in [9.17, 15) is 0 Å². The highest BCUT2D eigenvalue weighted by atomic mass is 16.5. The van der Waals surface area contributed by atoms with Crippen molar-refractivity contribution in [3.8, 4) is 0 Å². The Balaban J connectivity index is 1.67. The third-order valence-corrected chi connectivity index (χ3v) is 6.04. The van der Waals surface area contributed by atoms with Crippen LogP contribution >= 0.6 is 0 Å². The highest BCUT2D eigenvalue weighted by molar-refractivity contribution is 5.42. The van der Waals surface area contributed by atoms with Crippen molar-refractivity contribution in [2.24, 2.45) is 17.8 Å². The lowest BCUT2D eigenvalue weighted by molar-refractivity contribution is -0.263. The molecule has 0 unspecified atom stereocenters. The van der Waals surface area contributed by atoms with Gasteiger partial charge in [0.05, 0.1) is 6.10 Å². The Kier molecular flexibility index (Phi) is 2.40. The summed E-state index contributed by atoms with van der Waals surface area (Å²) < 4.78 is 6.66. The zero-order chi connectivity index (χ0) is 13.9. The molecule has 106 valence electrons. The summed E-state index contributed by atoms with van der Waals surface area (Å²) >= 11 is 0. The molecule has 1 saturated heterocycles. The number of fused-ring (bicyclic) bond motifs is 5. The van der Waals surface area contributed by atoms with Crippen molar-refractivity contribution in [3.63, 3.8) is 0 Å². The summed E-state index contributed by atoms with van der Waals surface area (Å²) in [5, 5.41) is 0. The molecule has 3 fully saturated rings. The van der Waals surface area contributed by atoms with Crippen molar-refractivity contribution in [3.05, 3.63) is 71.8 Å². The SMILES string of the molecule is c1ccc(C2(c3ccccc3)O[C@H]3[C@H]4CC[C@H](C4)[C@H]32)cc1. The molecule has 1 heteroatoms. The molecule has 3 aliphatic rings. The van der Waals surface area contributed by atoms with Gasteiger partial charge >= 0.3 is 0 Å². The van der Waals surface area contributed by atoms with Crippen molar-refractivity contribution >= 4 is 0 Å².